The maximum absolute atomic E-state index is 11.4. The Balaban J connectivity index is 1.69. The van der Waals surface area contributed by atoms with E-state index >= 15 is 0 Å². The lowest BCUT2D eigenvalue weighted by Gasteiger charge is -2.38. The Morgan fingerprint density at radius 2 is 2.04 bits per heavy atom. The van der Waals surface area contributed by atoms with Crippen molar-refractivity contribution in [3.63, 3.8) is 0 Å². The molecule has 1 aromatic rings. The molecule has 1 unspecified atom stereocenters. The molecule has 2 aliphatic rings. The lowest BCUT2D eigenvalue weighted by atomic mass is 9.94. The van der Waals surface area contributed by atoms with E-state index in [2.05, 4.69) is 16.7 Å². The number of nitrogens with zero attached hydrogens (tertiary/aromatic N) is 4. The van der Waals surface area contributed by atoms with Gasteiger partial charge in [-0.25, -0.2) is 0 Å². The van der Waals surface area contributed by atoms with Crippen molar-refractivity contribution >= 4 is 11.4 Å². The van der Waals surface area contributed by atoms with Gasteiger partial charge in [-0.1, -0.05) is 6.92 Å². The van der Waals surface area contributed by atoms with Gasteiger partial charge in [0.15, 0.2) is 0 Å². The molecule has 2 aliphatic heterocycles. The van der Waals surface area contributed by atoms with Crippen molar-refractivity contribution in [3.05, 3.63) is 33.9 Å². The monoisotopic (exact) mass is 342 g/mol. The topological polar surface area (TPSA) is 73.4 Å². The third-order valence-electron chi connectivity index (χ3n) is 5.55. The summed E-state index contributed by atoms with van der Waals surface area (Å²) in [5.41, 5.74) is 1.04. The zero-order chi connectivity index (χ0) is 17.8. The molecule has 2 fully saturated rings. The Kier molecular flexibility index (Phi) is 5.54. The Morgan fingerprint density at radius 3 is 2.72 bits per heavy atom. The first-order valence-corrected chi connectivity index (χ1v) is 9.22. The highest BCUT2D eigenvalue weighted by molar-refractivity contribution is 5.65. The second-order valence-corrected chi connectivity index (χ2v) is 7.51. The number of hydrogen-bond donors (Lipinski definition) is 0. The van der Waals surface area contributed by atoms with Gasteiger partial charge in [-0.2, -0.15) is 5.26 Å². The van der Waals surface area contributed by atoms with Crippen LogP contribution in [0, 0.1) is 33.3 Å². The number of nitro groups is 1. The molecule has 2 saturated heterocycles. The predicted molar refractivity (Wildman–Crippen MR) is 97.6 cm³/mol. The minimum absolute atomic E-state index is 0.0477. The van der Waals surface area contributed by atoms with Gasteiger partial charge in [0.25, 0.3) is 5.69 Å². The highest BCUT2D eigenvalue weighted by Crippen LogP contribution is 2.33. The van der Waals surface area contributed by atoms with E-state index in [0.717, 1.165) is 32.0 Å². The number of piperidine rings is 2. The zero-order valence-corrected chi connectivity index (χ0v) is 14.9. The average Bonchev–Trinajstić information content (AvgIpc) is 2.63. The number of anilines is 1. The molecular weight excluding hydrogens is 316 g/mol. The predicted octanol–water partition coefficient (Wildman–Crippen LogP) is 3.41. The zero-order valence-electron chi connectivity index (χ0n) is 14.9. The van der Waals surface area contributed by atoms with Crippen molar-refractivity contribution in [1.29, 1.82) is 5.26 Å². The second kappa shape index (κ2) is 7.83. The van der Waals surface area contributed by atoms with Crippen molar-refractivity contribution < 1.29 is 4.92 Å². The van der Waals surface area contributed by atoms with Crippen LogP contribution < -0.4 is 4.90 Å². The van der Waals surface area contributed by atoms with E-state index in [1.807, 2.05) is 6.07 Å². The molecule has 0 N–H and O–H groups in total. The van der Waals surface area contributed by atoms with Crippen LogP contribution in [0.25, 0.3) is 0 Å². The van der Waals surface area contributed by atoms with Crippen LogP contribution in [0.4, 0.5) is 11.4 Å². The van der Waals surface area contributed by atoms with Crippen molar-refractivity contribution in [2.75, 3.05) is 37.6 Å². The molecule has 3 rings (SSSR count). The van der Waals surface area contributed by atoms with Crippen LogP contribution in [0.1, 0.15) is 38.2 Å². The first-order valence-electron chi connectivity index (χ1n) is 9.22. The molecule has 134 valence electrons. The molecule has 6 heteroatoms. The molecule has 25 heavy (non-hydrogen) atoms. The molecule has 0 aromatic heterocycles. The van der Waals surface area contributed by atoms with E-state index < -0.39 is 0 Å². The normalized spacial score (nSPS) is 22.6. The highest BCUT2D eigenvalue weighted by atomic mass is 16.6. The fraction of sp³-hybridized carbons (Fsp3) is 0.632. The molecular formula is C19H26N4O2. The van der Waals surface area contributed by atoms with E-state index in [1.54, 1.807) is 12.1 Å². The minimum atomic E-state index is -0.369. The lowest BCUT2D eigenvalue weighted by Crippen LogP contribution is -2.43. The van der Waals surface area contributed by atoms with E-state index in [4.69, 9.17) is 5.26 Å². The van der Waals surface area contributed by atoms with Gasteiger partial charge in [0.05, 0.1) is 16.6 Å². The summed E-state index contributed by atoms with van der Waals surface area (Å²) in [4.78, 5) is 15.7. The first kappa shape index (κ1) is 17.7. The summed E-state index contributed by atoms with van der Waals surface area (Å²) < 4.78 is 0. The number of nitro benzene ring substituents is 1. The van der Waals surface area contributed by atoms with Gasteiger partial charge in [0, 0.05) is 25.7 Å². The number of hydrogen-bond acceptors (Lipinski definition) is 5. The molecule has 0 saturated carbocycles. The molecule has 0 bridgehead atoms. The fourth-order valence-corrected chi connectivity index (χ4v) is 4.05. The maximum Gasteiger partial charge on any atom is 0.293 e. The van der Waals surface area contributed by atoms with Crippen molar-refractivity contribution in [2.24, 2.45) is 11.8 Å². The number of likely N-dealkylation sites (tertiary alicyclic amines) is 1. The number of nitriles is 1. The second-order valence-electron chi connectivity index (χ2n) is 7.51. The molecule has 1 aromatic carbocycles. The van der Waals surface area contributed by atoms with Crippen LogP contribution in [-0.4, -0.2) is 42.5 Å². The van der Waals surface area contributed by atoms with Crippen molar-refractivity contribution in [1.82, 2.24) is 4.90 Å². The summed E-state index contributed by atoms with van der Waals surface area (Å²) in [7, 11) is 0. The SMILES string of the molecule is CC1CCN(CC2CCCN(c3ccc(C#N)cc3[N+](=O)[O-])C2)CC1. The molecule has 2 heterocycles. The van der Waals surface area contributed by atoms with Gasteiger partial charge in [0.1, 0.15) is 5.69 Å². The first-order chi connectivity index (χ1) is 12.1. The van der Waals surface area contributed by atoms with Crippen LogP contribution in [-0.2, 0) is 0 Å². The van der Waals surface area contributed by atoms with Crippen LogP contribution >= 0.6 is 0 Å². The average molecular weight is 342 g/mol. The van der Waals surface area contributed by atoms with Crippen LogP contribution in [0.5, 0.6) is 0 Å². The fourth-order valence-electron chi connectivity index (χ4n) is 4.05. The summed E-state index contributed by atoms with van der Waals surface area (Å²) >= 11 is 0. The largest absolute Gasteiger partial charge is 0.366 e. The summed E-state index contributed by atoms with van der Waals surface area (Å²) in [6, 6.07) is 6.80. The maximum atomic E-state index is 11.4. The van der Waals surface area contributed by atoms with Crippen LogP contribution in [0.2, 0.25) is 0 Å². The molecule has 6 nitrogen and oxygen atoms in total. The Hall–Kier alpha value is -2.13. The minimum Gasteiger partial charge on any atom is -0.366 e. The standard InChI is InChI=1S/C19H26N4O2/c1-15-6-9-21(10-7-15)13-17-3-2-8-22(14-17)18-5-4-16(12-20)11-19(18)23(24)25/h4-5,11,15,17H,2-3,6-10,13-14H2,1H3. The van der Waals surface area contributed by atoms with E-state index in [0.29, 0.717) is 17.2 Å². The van der Waals surface area contributed by atoms with Gasteiger partial charge < -0.3 is 9.80 Å². The van der Waals surface area contributed by atoms with E-state index in [9.17, 15) is 10.1 Å². The molecule has 0 spiro atoms. The van der Waals surface area contributed by atoms with Gasteiger partial charge in [-0.15, -0.1) is 0 Å². The van der Waals surface area contributed by atoms with Gasteiger partial charge in [-0.3, -0.25) is 10.1 Å². The van der Waals surface area contributed by atoms with Gasteiger partial charge >= 0.3 is 0 Å². The molecule has 1 atom stereocenters. The lowest BCUT2D eigenvalue weighted by molar-refractivity contribution is -0.384. The van der Waals surface area contributed by atoms with Crippen molar-refractivity contribution in [2.45, 2.75) is 32.6 Å². The third-order valence-corrected chi connectivity index (χ3v) is 5.55. The molecule has 0 amide bonds. The Labute approximate surface area is 149 Å². The van der Waals surface area contributed by atoms with E-state index in [1.165, 1.54) is 38.4 Å². The summed E-state index contributed by atoms with van der Waals surface area (Å²) in [6.45, 7) is 7.47. The van der Waals surface area contributed by atoms with E-state index in [-0.39, 0.29) is 10.6 Å². The van der Waals surface area contributed by atoms with Crippen LogP contribution in [0.15, 0.2) is 18.2 Å². The van der Waals surface area contributed by atoms with Gasteiger partial charge in [-0.05, 0) is 62.7 Å². The van der Waals surface area contributed by atoms with Crippen molar-refractivity contribution in [3.8, 4) is 6.07 Å². The molecule has 0 aliphatic carbocycles. The summed E-state index contributed by atoms with van der Waals surface area (Å²) in [5, 5.41) is 20.4. The number of rotatable bonds is 4. The Bertz CT molecular complexity index is 662. The quantitative estimate of drug-likeness (QED) is 0.619. The highest BCUT2D eigenvalue weighted by Gasteiger charge is 2.27. The summed E-state index contributed by atoms with van der Waals surface area (Å²) in [6.07, 6.45) is 4.80. The van der Waals surface area contributed by atoms with Crippen LogP contribution in [0.3, 0.4) is 0 Å². The molecule has 0 radical (unpaired) electrons. The van der Waals surface area contributed by atoms with Gasteiger partial charge in [0.2, 0.25) is 0 Å². The summed E-state index contributed by atoms with van der Waals surface area (Å²) in [5.74, 6) is 1.39. The third kappa shape index (κ3) is 4.29. The Morgan fingerprint density at radius 1 is 1.28 bits per heavy atom. The smallest absolute Gasteiger partial charge is 0.293 e. The number of benzene rings is 1.